The van der Waals surface area contributed by atoms with Gasteiger partial charge in [0.05, 0.1) is 23.9 Å². The molecular weight excluding hydrogens is 584 g/mol. The summed E-state index contributed by atoms with van der Waals surface area (Å²) in [6.07, 6.45) is -4.20. The molecule has 1 aliphatic heterocycles. The van der Waals surface area contributed by atoms with E-state index in [2.05, 4.69) is 13.8 Å². The lowest BCUT2D eigenvalue weighted by atomic mass is 10.1. The number of phosphoric acid groups is 2. The van der Waals surface area contributed by atoms with Crippen LogP contribution in [0.3, 0.4) is 0 Å². The van der Waals surface area contributed by atoms with Gasteiger partial charge in [0.1, 0.15) is 18.3 Å². The summed E-state index contributed by atoms with van der Waals surface area (Å²) in [5, 5.41) is 21.1. The van der Waals surface area contributed by atoms with Crippen LogP contribution in [0, 0.1) is 0 Å². The van der Waals surface area contributed by atoms with Gasteiger partial charge in [-0.1, -0.05) is 41.9 Å². The Hall–Kier alpha value is -2.52. The third-order valence-electron chi connectivity index (χ3n) is 5.64. The number of aliphatic hydroxyl groups is 2. The fourth-order valence-corrected chi connectivity index (χ4v) is 5.67. The van der Waals surface area contributed by atoms with Gasteiger partial charge in [0.25, 0.3) is 5.56 Å². The maximum Gasteiger partial charge on any atom is 0.481 e. The summed E-state index contributed by atoms with van der Waals surface area (Å²) in [5.41, 5.74) is 0.0930. The van der Waals surface area contributed by atoms with Gasteiger partial charge in [-0.25, -0.2) is 13.9 Å². The van der Waals surface area contributed by atoms with Crippen LogP contribution in [0.25, 0.3) is 11.1 Å². The first kappa shape index (κ1) is 29.5. The van der Waals surface area contributed by atoms with Crippen molar-refractivity contribution in [3.63, 3.8) is 0 Å². The van der Waals surface area contributed by atoms with Gasteiger partial charge in [-0.2, -0.15) is 4.31 Å². The SMILES string of the molecule is O=c1ccn([C@@H]2O[C@H](COP(=O)(O)OP(=O)(O)O)C(O)C2O)c(=O)n1Cc1cc(-c2ccccc2)c(Cl)cn1. The van der Waals surface area contributed by atoms with E-state index in [1.54, 1.807) is 6.07 Å². The first-order valence-electron chi connectivity index (χ1n) is 11.0. The number of halogens is 1. The molecule has 0 amide bonds. The number of ether oxygens (including phenoxy) is 1. The van der Waals surface area contributed by atoms with E-state index in [1.165, 1.54) is 6.20 Å². The zero-order valence-electron chi connectivity index (χ0n) is 19.6. The lowest BCUT2D eigenvalue weighted by Gasteiger charge is -2.19. The summed E-state index contributed by atoms with van der Waals surface area (Å²) in [4.78, 5) is 56.7. The van der Waals surface area contributed by atoms with Crippen molar-refractivity contribution >= 4 is 27.2 Å². The summed E-state index contributed by atoms with van der Waals surface area (Å²) >= 11 is 6.28. The van der Waals surface area contributed by atoms with Gasteiger partial charge >= 0.3 is 21.3 Å². The molecule has 3 heterocycles. The maximum atomic E-state index is 13.2. The fourth-order valence-electron chi connectivity index (χ4n) is 3.86. The molecule has 1 aliphatic rings. The van der Waals surface area contributed by atoms with Crippen molar-refractivity contribution in [1.29, 1.82) is 0 Å². The Kier molecular flexibility index (Phi) is 8.71. The maximum absolute atomic E-state index is 13.2. The van der Waals surface area contributed by atoms with Crippen molar-refractivity contribution in [1.82, 2.24) is 14.1 Å². The highest BCUT2D eigenvalue weighted by molar-refractivity contribution is 7.60. The predicted octanol–water partition coefficient (Wildman–Crippen LogP) is 0.619. The average Bonchev–Trinajstić information content (AvgIpc) is 3.14. The molecule has 3 unspecified atom stereocenters. The van der Waals surface area contributed by atoms with E-state index in [4.69, 9.17) is 26.1 Å². The fraction of sp³-hybridized carbons (Fsp3) is 0.286. The highest BCUT2D eigenvalue weighted by atomic mass is 35.5. The minimum absolute atomic E-state index is 0.277. The Morgan fingerprint density at radius 1 is 1.05 bits per heavy atom. The van der Waals surface area contributed by atoms with Crippen LogP contribution in [-0.2, 0) is 29.2 Å². The summed E-state index contributed by atoms with van der Waals surface area (Å²) in [6.45, 7) is -1.23. The number of phosphoric ester groups is 1. The topological polar surface area (TPSA) is 220 Å². The normalized spacial score (nSPS) is 23.0. The molecule has 0 spiro atoms. The lowest BCUT2D eigenvalue weighted by Crippen LogP contribution is -2.43. The van der Waals surface area contributed by atoms with Gasteiger partial charge in [0.15, 0.2) is 6.23 Å². The average molecular weight is 606 g/mol. The van der Waals surface area contributed by atoms with Crippen LogP contribution in [0.4, 0.5) is 0 Å². The first-order chi connectivity index (χ1) is 18.3. The molecule has 0 saturated carbocycles. The van der Waals surface area contributed by atoms with Gasteiger partial charge < -0.3 is 29.6 Å². The number of aliphatic hydroxyl groups excluding tert-OH is 2. The molecule has 0 radical (unpaired) electrons. The molecule has 0 aliphatic carbocycles. The molecule has 2 aromatic heterocycles. The molecule has 5 atom stereocenters. The number of aromatic nitrogens is 3. The summed E-state index contributed by atoms with van der Waals surface area (Å²) in [6, 6.07) is 11.8. The number of nitrogens with zero attached hydrogens (tertiary/aromatic N) is 3. The molecule has 4 rings (SSSR count). The Bertz CT molecular complexity index is 1560. The lowest BCUT2D eigenvalue weighted by molar-refractivity contribution is -0.0547. The largest absolute Gasteiger partial charge is 0.481 e. The molecule has 39 heavy (non-hydrogen) atoms. The van der Waals surface area contributed by atoms with E-state index in [0.717, 1.165) is 27.0 Å². The second-order valence-electron chi connectivity index (χ2n) is 8.33. The van der Waals surface area contributed by atoms with Crippen LogP contribution in [0.2, 0.25) is 5.02 Å². The minimum Gasteiger partial charge on any atom is -0.387 e. The van der Waals surface area contributed by atoms with Gasteiger partial charge in [-0.05, 0) is 11.6 Å². The van der Waals surface area contributed by atoms with Crippen LogP contribution >= 0.6 is 27.2 Å². The van der Waals surface area contributed by atoms with Crippen molar-refractivity contribution < 1.29 is 47.6 Å². The van der Waals surface area contributed by atoms with Crippen molar-refractivity contribution in [3.05, 3.63) is 86.4 Å². The van der Waals surface area contributed by atoms with Crippen molar-refractivity contribution in [2.24, 2.45) is 0 Å². The predicted molar refractivity (Wildman–Crippen MR) is 134 cm³/mol. The van der Waals surface area contributed by atoms with Crippen LogP contribution in [0.5, 0.6) is 0 Å². The number of rotatable bonds is 9. The highest BCUT2D eigenvalue weighted by Gasteiger charge is 2.46. The van der Waals surface area contributed by atoms with Crippen molar-refractivity contribution in [2.45, 2.75) is 31.1 Å². The van der Waals surface area contributed by atoms with Gasteiger partial charge in [0, 0.05) is 24.0 Å². The zero-order valence-corrected chi connectivity index (χ0v) is 22.2. The first-order valence-corrected chi connectivity index (χ1v) is 14.4. The molecule has 210 valence electrons. The van der Waals surface area contributed by atoms with Gasteiger partial charge in [-0.3, -0.25) is 23.4 Å². The molecule has 5 N–H and O–H groups in total. The quantitative estimate of drug-likeness (QED) is 0.211. The van der Waals surface area contributed by atoms with E-state index in [9.17, 15) is 33.8 Å². The number of hydrogen-bond acceptors (Lipinski definition) is 10. The van der Waals surface area contributed by atoms with Crippen molar-refractivity contribution in [3.8, 4) is 11.1 Å². The van der Waals surface area contributed by atoms with E-state index in [1.807, 2.05) is 30.3 Å². The smallest absolute Gasteiger partial charge is 0.387 e. The summed E-state index contributed by atoms with van der Waals surface area (Å²) < 4.78 is 37.6. The Morgan fingerprint density at radius 3 is 2.41 bits per heavy atom. The molecule has 0 bridgehead atoms. The van der Waals surface area contributed by atoms with Crippen LogP contribution < -0.4 is 11.2 Å². The van der Waals surface area contributed by atoms with Gasteiger partial charge in [-0.15, -0.1) is 0 Å². The molecule has 1 aromatic carbocycles. The molecule has 1 saturated heterocycles. The minimum atomic E-state index is -5.39. The van der Waals surface area contributed by atoms with Crippen LogP contribution in [-0.4, -0.2) is 63.9 Å². The Balaban J connectivity index is 1.57. The van der Waals surface area contributed by atoms with E-state index in [-0.39, 0.29) is 6.54 Å². The van der Waals surface area contributed by atoms with E-state index in [0.29, 0.717) is 16.3 Å². The Labute approximate surface area is 224 Å². The second kappa shape index (κ2) is 11.5. The third kappa shape index (κ3) is 6.98. The molecule has 15 nitrogen and oxygen atoms in total. The van der Waals surface area contributed by atoms with E-state index >= 15 is 0 Å². The highest BCUT2D eigenvalue weighted by Crippen LogP contribution is 2.57. The second-order valence-corrected chi connectivity index (χ2v) is 11.6. The summed E-state index contributed by atoms with van der Waals surface area (Å²) in [7, 11) is -10.6. The number of hydrogen-bond donors (Lipinski definition) is 5. The van der Waals surface area contributed by atoms with Gasteiger partial charge in [0.2, 0.25) is 0 Å². The van der Waals surface area contributed by atoms with Crippen LogP contribution in [0.15, 0.2) is 64.4 Å². The standard InChI is InChI=1S/C21H22ClN3O12P2/c22-15-9-23-13(8-14(15)12-4-2-1-3-5-12)10-25-17(26)6-7-24(21(25)29)20-19(28)18(27)16(36-20)11-35-39(33,34)37-38(30,31)32/h1-9,16,18-20,27-28H,10-11H2,(H,33,34)(H2,30,31,32)/t16-,18?,19?,20-/m1/s1. The third-order valence-corrected chi connectivity index (χ3v) is 8.09. The monoisotopic (exact) mass is 605 g/mol. The Morgan fingerprint density at radius 2 is 1.74 bits per heavy atom. The molecule has 3 aromatic rings. The zero-order chi connectivity index (χ0) is 28.5. The van der Waals surface area contributed by atoms with Crippen LogP contribution in [0.1, 0.15) is 11.9 Å². The number of benzene rings is 1. The summed E-state index contributed by atoms with van der Waals surface area (Å²) in [5.74, 6) is 0. The van der Waals surface area contributed by atoms with E-state index < -0.39 is 58.0 Å². The van der Waals surface area contributed by atoms with Crippen molar-refractivity contribution in [2.75, 3.05) is 6.61 Å². The molecule has 18 heteroatoms. The number of pyridine rings is 1. The molecule has 1 fully saturated rings. The molecular formula is C21H22ClN3O12P2.